The average Bonchev–Trinajstić information content (AvgIpc) is 2.69. The molecule has 1 amide bonds. The molecule has 0 unspecified atom stereocenters. The Hall–Kier alpha value is -2.89. The highest BCUT2D eigenvalue weighted by atomic mass is 16.5. The zero-order valence-corrected chi connectivity index (χ0v) is 15.0. The van der Waals surface area contributed by atoms with Gasteiger partial charge in [-0.15, -0.1) is 0 Å². The van der Waals surface area contributed by atoms with Crippen molar-refractivity contribution < 1.29 is 9.53 Å². The van der Waals surface area contributed by atoms with Crippen LogP contribution in [-0.2, 0) is 0 Å². The van der Waals surface area contributed by atoms with Crippen LogP contribution < -0.4 is 15.4 Å². The minimum atomic E-state index is -0.183. The monoisotopic (exact) mass is 352 g/mol. The lowest BCUT2D eigenvalue weighted by molar-refractivity contribution is 0.0949. The fourth-order valence-corrected chi connectivity index (χ4v) is 2.96. The van der Waals surface area contributed by atoms with E-state index in [4.69, 9.17) is 4.74 Å². The number of ether oxygens (including phenoxy) is 1. The lowest BCUT2D eigenvalue weighted by Crippen LogP contribution is -2.26. The van der Waals surface area contributed by atoms with Crippen LogP contribution in [0, 0.1) is 0 Å². The number of nitrogens with zero attached hydrogens (tertiary/aromatic N) is 2. The number of rotatable bonds is 7. The minimum absolute atomic E-state index is 0.183. The molecule has 1 heterocycles. The molecule has 0 spiro atoms. The van der Waals surface area contributed by atoms with Gasteiger partial charge in [-0.05, 0) is 44.2 Å². The third kappa shape index (κ3) is 5.05. The second-order valence-electron chi connectivity index (χ2n) is 6.26. The van der Waals surface area contributed by atoms with Crippen LogP contribution in [0.2, 0.25) is 0 Å². The molecule has 6 nitrogen and oxygen atoms in total. The molecule has 6 heteroatoms. The molecule has 1 aliphatic carbocycles. The second-order valence-corrected chi connectivity index (χ2v) is 6.26. The van der Waals surface area contributed by atoms with Crippen LogP contribution >= 0.6 is 0 Å². The van der Waals surface area contributed by atoms with Crippen molar-refractivity contribution in [3.8, 4) is 5.75 Å². The van der Waals surface area contributed by atoms with Gasteiger partial charge in [0.2, 0.25) is 0 Å². The number of nitrogens with one attached hydrogen (secondary N) is 2. The fourth-order valence-electron chi connectivity index (χ4n) is 2.96. The highest BCUT2D eigenvalue weighted by molar-refractivity contribution is 5.92. The molecule has 26 heavy (non-hydrogen) atoms. The van der Waals surface area contributed by atoms with Crippen LogP contribution in [0.3, 0.4) is 0 Å². The molecule has 0 radical (unpaired) electrons. The summed E-state index contributed by atoms with van der Waals surface area (Å²) in [7, 11) is 1.62. The summed E-state index contributed by atoms with van der Waals surface area (Å²) in [6, 6.07) is 9.17. The summed E-state index contributed by atoms with van der Waals surface area (Å²) >= 11 is 0. The summed E-state index contributed by atoms with van der Waals surface area (Å²) < 4.78 is 5.21. The molecule has 0 fully saturated rings. The third-order valence-corrected chi connectivity index (χ3v) is 4.36. The van der Waals surface area contributed by atoms with E-state index in [1.54, 1.807) is 13.2 Å². The van der Waals surface area contributed by atoms with Crippen molar-refractivity contribution in [2.75, 3.05) is 19.0 Å². The molecule has 0 aliphatic heterocycles. The maximum atomic E-state index is 12.3. The Balaban J connectivity index is 1.57. The SMILES string of the molecule is COc1cccc(Nc2cc(C(=O)NCCC3=CCCCC3)ncn2)c1. The van der Waals surface area contributed by atoms with Gasteiger partial charge < -0.3 is 15.4 Å². The number of hydrogen-bond acceptors (Lipinski definition) is 5. The van der Waals surface area contributed by atoms with E-state index >= 15 is 0 Å². The summed E-state index contributed by atoms with van der Waals surface area (Å²) in [4.78, 5) is 20.6. The number of carbonyl (C=O) groups excluding carboxylic acids is 1. The van der Waals surface area contributed by atoms with Crippen molar-refractivity contribution in [2.24, 2.45) is 0 Å². The summed E-state index contributed by atoms with van der Waals surface area (Å²) in [6.07, 6.45) is 9.45. The summed E-state index contributed by atoms with van der Waals surface area (Å²) in [5.41, 5.74) is 2.63. The zero-order chi connectivity index (χ0) is 18.2. The Morgan fingerprint density at radius 1 is 1.23 bits per heavy atom. The lowest BCUT2D eigenvalue weighted by Gasteiger charge is -2.13. The van der Waals surface area contributed by atoms with Crippen molar-refractivity contribution in [2.45, 2.75) is 32.1 Å². The first-order valence-electron chi connectivity index (χ1n) is 8.94. The van der Waals surface area contributed by atoms with Gasteiger partial charge in [0.05, 0.1) is 7.11 Å². The molecule has 1 aromatic heterocycles. The first-order chi connectivity index (χ1) is 12.7. The van der Waals surface area contributed by atoms with Crippen LogP contribution in [0.1, 0.15) is 42.6 Å². The van der Waals surface area contributed by atoms with E-state index in [2.05, 4.69) is 26.7 Å². The van der Waals surface area contributed by atoms with Gasteiger partial charge in [0, 0.05) is 24.4 Å². The Morgan fingerprint density at radius 3 is 2.96 bits per heavy atom. The molecule has 136 valence electrons. The quantitative estimate of drug-likeness (QED) is 0.740. The number of carbonyl (C=O) groups is 1. The maximum absolute atomic E-state index is 12.3. The van der Waals surface area contributed by atoms with Gasteiger partial charge in [-0.2, -0.15) is 0 Å². The van der Waals surface area contributed by atoms with E-state index in [9.17, 15) is 4.79 Å². The highest BCUT2D eigenvalue weighted by Gasteiger charge is 2.10. The maximum Gasteiger partial charge on any atom is 0.270 e. The first-order valence-corrected chi connectivity index (χ1v) is 8.94. The molecule has 1 aliphatic rings. The van der Waals surface area contributed by atoms with Crippen LogP contribution in [0.5, 0.6) is 5.75 Å². The molecular formula is C20H24N4O2. The molecule has 0 atom stereocenters. The number of aromatic nitrogens is 2. The van der Waals surface area contributed by atoms with Crippen molar-refractivity contribution in [3.05, 3.63) is 54.0 Å². The minimum Gasteiger partial charge on any atom is -0.497 e. The molecule has 3 rings (SSSR count). The zero-order valence-electron chi connectivity index (χ0n) is 15.0. The predicted molar refractivity (Wildman–Crippen MR) is 102 cm³/mol. The highest BCUT2D eigenvalue weighted by Crippen LogP contribution is 2.21. The van der Waals surface area contributed by atoms with E-state index in [0.717, 1.165) is 30.7 Å². The van der Waals surface area contributed by atoms with Gasteiger partial charge in [0.1, 0.15) is 23.6 Å². The number of amides is 1. The van der Waals surface area contributed by atoms with E-state index in [0.29, 0.717) is 18.1 Å². The molecular weight excluding hydrogens is 328 g/mol. The van der Waals surface area contributed by atoms with Gasteiger partial charge in [0.15, 0.2) is 0 Å². The topological polar surface area (TPSA) is 76.1 Å². The number of anilines is 2. The van der Waals surface area contributed by atoms with Crippen molar-refractivity contribution >= 4 is 17.4 Å². The summed E-state index contributed by atoms with van der Waals surface area (Å²) in [6.45, 7) is 0.632. The van der Waals surface area contributed by atoms with Gasteiger partial charge in [-0.3, -0.25) is 4.79 Å². The van der Waals surface area contributed by atoms with Gasteiger partial charge in [-0.1, -0.05) is 17.7 Å². The normalized spacial score (nSPS) is 13.7. The molecule has 2 aromatic rings. The second kappa shape index (κ2) is 8.99. The van der Waals surface area contributed by atoms with Crippen LogP contribution in [0.4, 0.5) is 11.5 Å². The fraction of sp³-hybridized carbons (Fsp3) is 0.350. The van der Waals surface area contributed by atoms with Crippen molar-refractivity contribution in [3.63, 3.8) is 0 Å². The Kier molecular flexibility index (Phi) is 6.19. The first kappa shape index (κ1) is 17.9. The number of allylic oxidation sites excluding steroid dienone is 1. The summed E-state index contributed by atoms with van der Waals surface area (Å²) in [5.74, 6) is 1.13. The molecule has 1 aromatic carbocycles. The van der Waals surface area contributed by atoms with Crippen molar-refractivity contribution in [1.82, 2.24) is 15.3 Å². The Morgan fingerprint density at radius 2 is 2.15 bits per heavy atom. The molecule has 0 saturated carbocycles. The largest absolute Gasteiger partial charge is 0.497 e. The number of benzene rings is 1. The summed E-state index contributed by atoms with van der Waals surface area (Å²) in [5, 5.41) is 6.10. The Bertz CT molecular complexity index is 789. The predicted octanol–water partition coefficient (Wildman–Crippen LogP) is 3.85. The number of methoxy groups -OCH3 is 1. The number of hydrogen-bond donors (Lipinski definition) is 2. The van der Waals surface area contributed by atoms with Crippen LogP contribution in [0.25, 0.3) is 0 Å². The van der Waals surface area contributed by atoms with Gasteiger partial charge in [0.25, 0.3) is 5.91 Å². The molecule has 0 bridgehead atoms. The molecule has 2 N–H and O–H groups in total. The molecule has 0 saturated heterocycles. The standard InChI is InChI=1S/C20H24N4O2/c1-26-17-9-5-8-16(12-17)24-19-13-18(22-14-23-19)20(25)21-11-10-15-6-3-2-4-7-15/h5-6,8-9,12-14H,2-4,7,10-11H2,1H3,(H,21,25)(H,22,23,24). The lowest BCUT2D eigenvalue weighted by atomic mass is 9.97. The third-order valence-electron chi connectivity index (χ3n) is 4.36. The van der Waals surface area contributed by atoms with Crippen LogP contribution in [0.15, 0.2) is 48.3 Å². The van der Waals surface area contributed by atoms with E-state index in [1.165, 1.54) is 24.7 Å². The van der Waals surface area contributed by atoms with Crippen LogP contribution in [-0.4, -0.2) is 29.5 Å². The van der Waals surface area contributed by atoms with E-state index in [1.807, 2.05) is 24.3 Å². The Labute approximate surface area is 153 Å². The van der Waals surface area contributed by atoms with Gasteiger partial charge >= 0.3 is 0 Å². The van der Waals surface area contributed by atoms with E-state index in [-0.39, 0.29) is 5.91 Å². The van der Waals surface area contributed by atoms with Gasteiger partial charge in [-0.25, -0.2) is 9.97 Å². The smallest absolute Gasteiger partial charge is 0.270 e. The average molecular weight is 352 g/mol. The van der Waals surface area contributed by atoms with E-state index < -0.39 is 0 Å². The van der Waals surface area contributed by atoms with Crippen molar-refractivity contribution in [1.29, 1.82) is 0 Å².